The Labute approximate surface area is 157 Å². The number of fused-ring (bicyclic) bond motifs is 2. The summed E-state index contributed by atoms with van der Waals surface area (Å²) in [5.41, 5.74) is 3.64. The Kier molecular flexibility index (Phi) is 3.86. The lowest BCUT2D eigenvalue weighted by atomic mass is 9.70. The molecule has 2 aliphatic heterocycles. The molecule has 5 rings (SSSR count). The minimum Gasteiger partial charge on any atom is -0.392 e. The number of H-pyrrole nitrogens is 1. The van der Waals surface area contributed by atoms with Crippen LogP contribution in [-0.2, 0) is 16.0 Å². The quantitative estimate of drug-likeness (QED) is 0.653. The third kappa shape index (κ3) is 2.69. The summed E-state index contributed by atoms with van der Waals surface area (Å²) in [6, 6.07) is 6.52. The average Bonchev–Trinajstić information content (AvgIpc) is 3.03. The molecule has 0 bridgehead atoms. The van der Waals surface area contributed by atoms with E-state index in [1.54, 1.807) is 0 Å². The van der Waals surface area contributed by atoms with Gasteiger partial charge in [0.2, 0.25) is 11.8 Å². The molecule has 4 atom stereocenters. The van der Waals surface area contributed by atoms with Crippen LogP contribution in [0.2, 0.25) is 0 Å². The Morgan fingerprint density at radius 2 is 2.00 bits per heavy atom. The van der Waals surface area contributed by atoms with E-state index >= 15 is 0 Å². The van der Waals surface area contributed by atoms with Crippen molar-refractivity contribution < 1.29 is 14.7 Å². The van der Waals surface area contributed by atoms with Crippen molar-refractivity contribution >= 4 is 22.7 Å². The van der Waals surface area contributed by atoms with Gasteiger partial charge in [0.15, 0.2) is 0 Å². The molecule has 1 aliphatic carbocycles. The average molecular weight is 368 g/mol. The molecular formula is C20H24N4O3. The second-order valence-corrected chi connectivity index (χ2v) is 8.21. The number of aliphatic hydroxyl groups excluding tert-OH is 1. The Bertz CT molecular complexity index is 907. The van der Waals surface area contributed by atoms with Crippen molar-refractivity contribution in [3.8, 4) is 0 Å². The molecule has 0 unspecified atom stereocenters. The predicted molar refractivity (Wildman–Crippen MR) is 100 cm³/mol. The lowest BCUT2D eigenvalue weighted by Crippen LogP contribution is -2.59. The predicted octanol–water partition coefficient (Wildman–Crippen LogP) is 0.0571. The fourth-order valence-corrected chi connectivity index (χ4v) is 5.36. The van der Waals surface area contributed by atoms with Crippen LogP contribution in [0.25, 0.3) is 10.9 Å². The van der Waals surface area contributed by atoms with E-state index in [4.69, 9.17) is 0 Å². The molecule has 142 valence electrons. The highest BCUT2D eigenvalue weighted by Gasteiger charge is 2.45. The number of hydrogen-bond acceptors (Lipinski definition) is 5. The summed E-state index contributed by atoms with van der Waals surface area (Å²) in [5, 5.41) is 14.9. The van der Waals surface area contributed by atoms with Crippen LogP contribution in [0, 0.1) is 5.92 Å². The monoisotopic (exact) mass is 368 g/mol. The van der Waals surface area contributed by atoms with Crippen molar-refractivity contribution in [1.82, 2.24) is 20.1 Å². The van der Waals surface area contributed by atoms with Gasteiger partial charge in [-0.05, 0) is 30.7 Å². The largest absolute Gasteiger partial charge is 0.392 e. The summed E-state index contributed by atoms with van der Waals surface area (Å²) >= 11 is 0. The van der Waals surface area contributed by atoms with Gasteiger partial charge >= 0.3 is 0 Å². The number of rotatable bonds is 2. The summed E-state index contributed by atoms with van der Waals surface area (Å²) in [7, 11) is 2.11. The molecule has 3 heterocycles. The van der Waals surface area contributed by atoms with E-state index in [9.17, 15) is 14.7 Å². The molecule has 2 amide bonds. The van der Waals surface area contributed by atoms with E-state index in [0.717, 1.165) is 18.5 Å². The number of hydrogen-bond donors (Lipinski definition) is 3. The van der Waals surface area contributed by atoms with Crippen LogP contribution in [0.15, 0.2) is 24.4 Å². The van der Waals surface area contributed by atoms with Gasteiger partial charge in [-0.15, -0.1) is 0 Å². The zero-order valence-electron chi connectivity index (χ0n) is 15.3. The number of piperazine rings is 1. The van der Waals surface area contributed by atoms with Crippen molar-refractivity contribution in [3.05, 3.63) is 35.5 Å². The molecule has 0 radical (unpaired) electrons. The summed E-state index contributed by atoms with van der Waals surface area (Å²) < 4.78 is 0. The molecule has 1 aromatic carbocycles. The zero-order chi connectivity index (χ0) is 18.7. The van der Waals surface area contributed by atoms with Crippen molar-refractivity contribution in [2.45, 2.75) is 24.5 Å². The normalized spacial score (nSPS) is 31.8. The third-order valence-electron chi connectivity index (χ3n) is 6.47. The first-order chi connectivity index (χ1) is 13.0. The van der Waals surface area contributed by atoms with Crippen molar-refractivity contribution in [2.75, 3.05) is 33.2 Å². The first-order valence-electron chi connectivity index (χ1n) is 9.53. The van der Waals surface area contributed by atoms with Crippen LogP contribution in [0.4, 0.5) is 0 Å². The molecule has 7 nitrogen and oxygen atoms in total. The standard InChI is InChI=1S/C20H24N4O3/c1-23-7-12(8-24-9-16(25)22-17(26)10-24)20(27)19-13-3-2-4-14-18(13)11(6-21-14)5-15(19)23/h2-4,6,12,15,19-21,27H,5,7-10H2,1H3,(H,22,25,26)/t12-,15-,19-,20-/m1/s1. The van der Waals surface area contributed by atoms with Gasteiger partial charge in [-0.25, -0.2) is 0 Å². The first kappa shape index (κ1) is 16.9. The topological polar surface area (TPSA) is 88.7 Å². The van der Waals surface area contributed by atoms with E-state index in [-0.39, 0.29) is 42.8 Å². The number of imide groups is 1. The number of carbonyl (C=O) groups is 2. The number of nitrogens with one attached hydrogen (secondary N) is 2. The van der Waals surface area contributed by atoms with Crippen LogP contribution in [0.1, 0.15) is 17.0 Å². The summed E-state index contributed by atoms with van der Waals surface area (Å²) in [6.45, 7) is 1.73. The first-order valence-corrected chi connectivity index (χ1v) is 9.53. The third-order valence-corrected chi connectivity index (χ3v) is 6.47. The van der Waals surface area contributed by atoms with E-state index in [1.807, 2.05) is 11.0 Å². The summed E-state index contributed by atoms with van der Waals surface area (Å²) in [4.78, 5) is 30.9. The number of likely N-dealkylation sites (N-methyl/N-ethyl adjacent to an activating group) is 1. The summed E-state index contributed by atoms with van der Waals surface area (Å²) in [6.07, 6.45) is 2.52. The number of nitrogens with zero attached hydrogens (tertiary/aromatic N) is 2. The molecule has 1 aromatic heterocycles. The van der Waals surface area contributed by atoms with Gasteiger partial charge in [0.25, 0.3) is 0 Å². The molecular weight excluding hydrogens is 344 g/mol. The van der Waals surface area contributed by atoms with Gasteiger partial charge < -0.3 is 15.0 Å². The maximum atomic E-state index is 11.7. The van der Waals surface area contributed by atoms with E-state index < -0.39 is 6.10 Å². The van der Waals surface area contributed by atoms with Gasteiger partial charge in [0.05, 0.1) is 19.2 Å². The van der Waals surface area contributed by atoms with Gasteiger partial charge in [0, 0.05) is 48.1 Å². The fourth-order valence-electron chi connectivity index (χ4n) is 5.36. The Morgan fingerprint density at radius 3 is 2.78 bits per heavy atom. The lowest BCUT2D eigenvalue weighted by molar-refractivity contribution is -0.137. The molecule has 3 aliphatic rings. The smallest absolute Gasteiger partial charge is 0.240 e. The minimum atomic E-state index is -0.500. The number of likely N-dealkylation sites (tertiary alicyclic amines) is 1. The SMILES string of the molecule is CN1C[C@H](CN2CC(=O)NC(=O)C2)[C@@H](O)[C@@H]2c3cccc4[nH]cc(c34)C[C@H]21. The van der Waals surface area contributed by atoms with Gasteiger partial charge in [-0.1, -0.05) is 12.1 Å². The molecule has 27 heavy (non-hydrogen) atoms. The molecule has 0 saturated carbocycles. The van der Waals surface area contributed by atoms with Gasteiger partial charge in [-0.3, -0.25) is 19.8 Å². The van der Waals surface area contributed by atoms with Crippen molar-refractivity contribution in [1.29, 1.82) is 0 Å². The highest BCUT2D eigenvalue weighted by Crippen LogP contribution is 2.44. The number of aliphatic hydroxyl groups is 1. The molecule has 7 heteroatoms. The Morgan fingerprint density at radius 1 is 1.22 bits per heavy atom. The summed E-state index contributed by atoms with van der Waals surface area (Å²) in [5.74, 6) is -0.495. The molecule has 0 spiro atoms. The van der Waals surface area contributed by atoms with E-state index in [2.05, 4.69) is 40.6 Å². The second-order valence-electron chi connectivity index (χ2n) is 8.21. The second kappa shape index (κ2) is 6.15. The number of carbonyl (C=O) groups excluding carboxylic acids is 2. The fraction of sp³-hybridized carbons (Fsp3) is 0.500. The number of benzene rings is 1. The number of aromatic amines is 1. The van der Waals surface area contributed by atoms with Crippen LogP contribution in [-0.4, -0.2) is 77.1 Å². The Hall–Kier alpha value is -2.22. The maximum absolute atomic E-state index is 11.7. The van der Waals surface area contributed by atoms with Crippen LogP contribution < -0.4 is 5.32 Å². The number of aromatic nitrogens is 1. The molecule has 2 aromatic rings. The van der Waals surface area contributed by atoms with Crippen LogP contribution in [0.5, 0.6) is 0 Å². The van der Waals surface area contributed by atoms with E-state index in [0.29, 0.717) is 6.54 Å². The van der Waals surface area contributed by atoms with Gasteiger partial charge in [0.1, 0.15) is 0 Å². The van der Waals surface area contributed by atoms with Crippen molar-refractivity contribution in [2.24, 2.45) is 5.92 Å². The lowest BCUT2D eigenvalue weighted by Gasteiger charge is -2.49. The van der Waals surface area contributed by atoms with Crippen LogP contribution in [0.3, 0.4) is 0 Å². The minimum absolute atomic E-state index is 0.00861. The highest BCUT2D eigenvalue weighted by atomic mass is 16.3. The van der Waals surface area contributed by atoms with E-state index in [1.165, 1.54) is 16.5 Å². The Balaban J connectivity index is 1.46. The molecule has 3 N–H and O–H groups in total. The van der Waals surface area contributed by atoms with Crippen molar-refractivity contribution in [3.63, 3.8) is 0 Å². The molecule has 2 saturated heterocycles. The zero-order valence-corrected chi connectivity index (χ0v) is 15.3. The maximum Gasteiger partial charge on any atom is 0.240 e. The number of amides is 2. The molecule has 2 fully saturated rings. The highest BCUT2D eigenvalue weighted by molar-refractivity contribution is 5.99. The van der Waals surface area contributed by atoms with Gasteiger partial charge in [-0.2, -0.15) is 0 Å². The van der Waals surface area contributed by atoms with Crippen LogP contribution >= 0.6 is 0 Å². The number of piperidine rings is 1.